The van der Waals surface area contributed by atoms with Crippen molar-refractivity contribution in [2.24, 2.45) is 0 Å². The van der Waals surface area contributed by atoms with Crippen molar-refractivity contribution < 1.29 is 4.74 Å². The van der Waals surface area contributed by atoms with Crippen LogP contribution in [0.5, 0.6) is 0 Å². The molecule has 0 amide bonds. The average Bonchev–Trinajstić information content (AvgIpc) is 2.28. The van der Waals surface area contributed by atoms with Gasteiger partial charge in [-0.25, -0.2) is 0 Å². The zero-order chi connectivity index (χ0) is 11.4. The quantitative estimate of drug-likeness (QED) is 0.735. The van der Waals surface area contributed by atoms with Gasteiger partial charge in [-0.2, -0.15) is 0 Å². The highest BCUT2D eigenvalue weighted by Crippen LogP contribution is 2.16. The Morgan fingerprint density at radius 1 is 1.06 bits per heavy atom. The van der Waals surface area contributed by atoms with E-state index in [0.717, 1.165) is 13.2 Å². The summed E-state index contributed by atoms with van der Waals surface area (Å²) in [5.41, 5.74) is 0. The third kappa shape index (κ3) is 3.44. The molecule has 0 spiro atoms. The topological polar surface area (TPSA) is 24.5 Å². The van der Waals surface area contributed by atoms with E-state index in [2.05, 4.69) is 24.1 Å². The number of hydrogen-bond acceptors (Lipinski definition) is 3. The summed E-state index contributed by atoms with van der Waals surface area (Å²) < 4.78 is 5.60. The van der Waals surface area contributed by atoms with Gasteiger partial charge in [0, 0.05) is 24.7 Å². The number of nitrogens with zero attached hydrogens (tertiary/aromatic N) is 1. The second-order valence-electron chi connectivity index (χ2n) is 5.45. The van der Waals surface area contributed by atoms with E-state index >= 15 is 0 Å². The van der Waals surface area contributed by atoms with Gasteiger partial charge in [-0.15, -0.1) is 0 Å². The smallest absolute Gasteiger partial charge is 0.0621 e. The molecular weight excluding hydrogens is 200 g/mol. The van der Waals surface area contributed by atoms with Gasteiger partial charge in [-0.1, -0.05) is 0 Å². The summed E-state index contributed by atoms with van der Waals surface area (Å²) >= 11 is 0. The third-order valence-electron chi connectivity index (χ3n) is 3.92. The van der Waals surface area contributed by atoms with Crippen LogP contribution < -0.4 is 5.32 Å². The first-order valence-corrected chi connectivity index (χ1v) is 6.83. The van der Waals surface area contributed by atoms with E-state index in [-0.39, 0.29) is 0 Å². The van der Waals surface area contributed by atoms with Crippen LogP contribution in [-0.2, 0) is 4.74 Å². The molecular formula is C13H26N2O. The minimum atomic E-state index is 0.655. The highest BCUT2D eigenvalue weighted by Gasteiger charge is 2.24. The zero-order valence-corrected chi connectivity index (χ0v) is 10.7. The van der Waals surface area contributed by atoms with Gasteiger partial charge in [-0.05, 0) is 52.6 Å². The van der Waals surface area contributed by atoms with Crippen LogP contribution in [0.2, 0.25) is 0 Å². The van der Waals surface area contributed by atoms with Crippen molar-refractivity contribution in [3.8, 4) is 0 Å². The van der Waals surface area contributed by atoms with E-state index in [4.69, 9.17) is 4.74 Å². The van der Waals surface area contributed by atoms with Crippen LogP contribution in [0, 0.1) is 0 Å². The molecule has 94 valence electrons. The SMILES string of the molecule is CC1CCN(C2CCCOC2)CCC(C)N1. The molecule has 0 aromatic carbocycles. The van der Waals surface area contributed by atoms with Gasteiger partial charge in [0.2, 0.25) is 0 Å². The zero-order valence-electron chi connectivity index (χ0n) is 10.7. The van der Waals surface area contributed by atoms with Crippen molar-refractivity contribution >= 4 is 0 Å². The van der Waals surface area contributed by atoms with Gasteiger partial charge in [0.15, 0.2) is 0 Å². The predicted octanol–water partition coefficient (Wildman–Crippen LogP) is 1.63. The highest BCUT2D eigenvalue weighted by molar-refractivity contribution is 4.80. The Labute approximate surface area is 99.5 Å². The molecule has 2 heterocycles. The van der Waals surface area contributed by atoms with E-state index < -0.39 is 0 Å². The van der Waals surface area contributed by atoms with E-state index in [1.54, 1.807) is 0 Å². The normalized spacial score (nSPS) is 39.0. The molecule has 3 nitrogen and oxygen atoms in total. The molecule has 0 radical (unpaired) electrons. The van der Waals surface area contributed by atoms with Crippen molar-refractivity contribution in [3.05, 3.63) is 0 Å². The van der Waals surface area contributed by atoms with Crippen molar-refractivity contribution in [2.75, 3.05) is 26.3 Å². The molecule has 0 aromatic heterocycles. The Hall–Kier alpha value is -0.120. The van der Waals surface area contributed by atoms with E-state index in [0.29, 0.717) is 18.1 Å². The maximum absolute atomic E-state index is 5.60. The predicted molar refractivity (Wildman–Crippen MR) is 66.7 cm³/mol. The largest absolute Gasteiger partial charge is 0.380 e. The van der Waals surface area contributed by atoms with Gasteiger partial charge in [0.1, 0.15) is 0 Å². The fourth-order valence-electron chi connectivity index (χ4n) is 2.86. The molecule has 0 bridgehead atoms. The Kier molecular flexibility index (Phi) is 4.62. The molecule has 16 heavy (non-hydrogen) atoms. The van der Waals surface area contributed by atoms with Gasteiger partial charge in [0.25, 0.3) is 0 Å². The van der Waals surface area contributed by atoms with Crippen LogP contribution in [0.3, 0.4) is 0 Å². The summed E-state index contributed by atoms with van der Waals surface area (Å²) in [6, 6.07) is 2.00. The summed E-state index contributed by atoms with van der Waals surface area (Å²) in [5, 5.41) is 3.65. The molecule has 2 fully saturated rings. The molecule has 1 N–H and O–H groups in total. The number of nitrogens with one attached hydrogen (secondary N) is 1. The lowest BCUT2D eigenvalue weighted by molar-refractivity contribution is 0.0128. The van der Waals surface area contributed by atoms with Crippen molar-refractivity contribution in [2.45, 2.75) is 57.7 Å². The maximum atomic E-state index is 5.60. The first kappa shape index (κ1) is 12.3. The maximum Gasteiger partial charge on any atom is 0.0621 e. The molecule has 3 heteroatoms. The number of rotatable bonds is 1. The minimum Gasteiger partial charge on any atom is -0.380 e. The van der Waals surface area contributed by atoms with Crippen molar-refractivity contribution in [1.82, 2.24) is 10.2 Å². The fraction of sp³-hybridized carbons (Fsp3) is 1.00. The Morgan fingerprint density at radius 3 is 2.31 bits per heavy atom. The Balaban J connectivity index is 1.87. The fourth-order valence-corrected chi connectivity index (χ4v) is 2.86. The molecule has 0 aromatic rings. The third-order valence-corrected chi connectivity index (χ3v) is 3.92. The minimum absolute atomic E-state index is 0.655. The lowest BCUT2D eigenvalue weighted by atomic mass is 10.0. The molecule has 2 aliphatic rings. The monoisotopic (exact) mass is 226 g/mol. The van der Waals surface area contributed by atoms with Crippen LogP contribution in [0.1, 0.15) is 39.5 Å². The van der Waals surface area contributed by atoms with Crippen LogP contribution >= 0.6 is 0 Å². The van der Waals surface area contributed by atoms with Gasteiger partial charge in [0.05, 0.1) is 6.61 Å². The molecule has 3 unspecified atom stereocenters. The van der Waals surface area contributed by atoms with Crippen LogP contribution in [0.25, 0.3) is 0 Å². The highest BCUT2D eigenvalue weighted by atomic mass is 16.5. The summed E-state index contributed by atoms with van der Waals surface area (Å²) in [6.07, 6.45) is 5.10. The summed E-state index contributed by atoms with van der Waals surface area (Å²) in [6.45, 7) is 8.99. The molecule has 2 saturated heterocycles. The standard InChI is InChI=1S/C13H26N2O/c1-11-5-7-15(8-6-12(2)14-11)13-4-3-9-16-10-13/h11-14H,3-10H2,1-2H3. The van der Waals surface area contributed by atoms with Crippen LogP contribution in [0.15, 0.2) is 0 Å². The lowest BCUT2D eigenvalue weighted by Gasteiger charge is -2.37. The van der Waals surface area contributed by atoms with Gasteiger partial charge >= 0.3 is 0 Å². The van der Waals surface area contributed by atoms with E-state index in [9.17, 15) is 0 Å². The summed E-state index contributed by atoms with van der Waals surface area (Å²) in [4.78, 5) is 2.66. The molecule has 2 rings (SSSR count). The first-order valence-electron chi connectivity index (χ1n) is 6.83. The van der Waals surface area contributed by atoms with Gasteiger partial charge < -0.3 is 10.1 Å². The lowest BCUT2D eigenvalue weighted by Crippen LogP contribution is -2.48. The second kappa shape index (κ2) is 5.99. The number of hydrogen-bond donors (Lipinski definition) is 1. The Morgan fingerprint density at radius 2 is 1.75 bits per heavy atom. The second-order valence-corrected chi connectivity index (χ2v) is 5.45. The van der Waals surface area contributed by atoms with E-state index in [1.165, 1.54) is 38.8 Å². The van der Waals surface area contributed by atoms with E-state index in [1.807, 2.05) is 0 Å². The number of ether oxygens (including phenoxy) is 1. The Bertz CT molecular complexity index is 192. The average molecular weight is 226 g/mol. The van der Waals surface area contributed by atoms with Crippen LogP contribution in [0.4, 0.5) is 0 Å². The molecule has 0 aliphatic carbocycles. The van der Waals surface area contributed by atoms with Crippen molar-refractivity contribution in [3.63, 3.8) is 0 Å². The summed E-state index contributed by atoms with van der Waals surface area (Å²) in [5.74, 6) is 0. The molecule has 3 atom stereocenters. The molecule has 2 aliphatic heterocycles. The molecule has 0 saturated carbocycles. The van der Waals surface area contributed by atoms with Gasteiger partial charge in [-0.3, -0.25) is 4.90 Å². The first-order chi connectivity index (χ1) is 7.75. The summed E-state index contributed by atoms with van der Waals surface area (Å²) in [7, 11) is 0. The van der Waals surface area contributed by atoms with Crippen LogP contribution in [-0.4, -0.2) is 49.3 Å². The van der Waals surface area contributed by atoms with Crippen molar-refractivity contribution in [1.29, 1.82) is 0 Å².